The topological polar surface area (TPSA) is 29.9 Å². The first-order valence-electron chi connectivity index (χ1n) is 6.71. The van der Waals surface area contributed by atoms with Gasteiger partial charge in [0.2, 0.25) is 0 Å². The molecule has 0 atom stereocenters. The van der Waals surface area contributed by atoms with E-state index in [1.807, 2.05) is 16.9 Å². The minimum atomic E-state index is 0.714. The number of benzene rings is 1. The van der Waals surface area contributed by atoms with Crippen molar-refractivity contribution in [1.29, 1.82) is 0 Å². The van der Waals surface area contributed by atoms with E-state index in [0.717, 1.165) is 23.7 Å². The zero-order valence-corrected chi connectivity index (χ0v) is 11.8. The normalized spacial score (nSPS) is 14.8. The number of aromatic nitrogens is 2. The van der Waals surface area contributed by atoms with Gasteiger partial charge in [0.15, 0.2) is 0 Å². The summed E-state index contributed by atoms with van der Waals surface area (Å²) < 4.78 is 2.02. The Labute approximate surface area is 118 Å². The first-order chi connectivity index (χ1) is 9.22. The summed E-state index contributed by atoms with van der Waals surface area (Å²) in [6.07, 6.45) is 4.46. The maximum Gasteiger partial charge on any atom is 0.0677 e. The summed E-state index contributed by atoms with van der Waals surface area (Å²) >= 11 is 6.28. The fourth-order valence-electron chi connectivity index (χ4n) is 2.13. The van der Waals surface area contributed by atoms with Crippen LogP contribution in [0.3, 0.4) is 0 Å². The van der Waals surface area contributed by atoms with Gasteiger partial charge in [0, 0.05) is 23.8 Å². The number of hydrogen-bond donors (Lipinski definition) is 1. The highest BCUT2D eigenvalue weighted by Crippen LogP contribution is 2.21. The molecule has 1 aliphatic rings. The molecule has 0 radical (unpaired) electrons. The molecule has 4 heteroatoms. The van der Waals surface area contributed by atoms with Crippen LogP contribution in [0.5, 0.6) is 0 Å². The molecule has 0 saturated heterocycles. The molecule has 3 rings (SSSR count). The highest BCUT2D eigenvalue weighted by molar-refractivity contribution is 6.31. The highest BCUT2D eigenvalue weighted by Gasteiger charge is 2.20. The summed E-state index contributed by atoms with van der Waals surface area (Å²) in [6, 6.07) is 8.95. The Kier molecular flexibility index (Phi) is 3.58. The maximum atomic E-state index is 6.28. The van der Waals surface area contributed by atoms with Gasteiger partial charge in [0.25, 0.3) is 0 Å². The van der Waals surface area contributed by atoms with Crippen molar-refractivity contribution in [3.8, 4) is 0 Å². The molecule has 0 aliphatic heterocycles. The molecule has 1 N–H and O–H groups in total. The first kappa shape index (κ1) is 12.7. The van der Waals surface area contributed by atoms with Gasteiger partial charge in [-0.1, -0.05) is 23.7 Å². The molecule has 1 aliphatic carbocycles. The van der Waals surface area contributed by atoms with Crippen LogP contribution in [0.25, 0.3) is 0 Å². The Morgan fingerprint density at radius 2 is 2.21 bits per heavy atom. The average Bonchev–Trinajstić information content (AvgIpc) is 3.11. The van der Waals surface area contributed by atoms with Crippen molar-refractivity contribution in [2.75, 3.05) is 0 Å². The lowest BCUT2D eigenvalue weighted by Gasteiger charge is -2.10. The second-order valence-electron chi connectivity index (χ2n) is 5.23. The van der Waals surface area contributed by atoms with Crippen molar-refractivity contribution in [2.45, 2.75) is 38.9 Å². The highest BCUT2D eigenvalue weighted by atomic mass is 35.5. The third-order valence-electron chi connectivity index (χ3n) is 3.48. The van der Waals surface area contributed by atoms with Crippen molar-refractivity contribution in [3.05, 3.63) is 52.3 Å². The molecule has 100 valence electrons. The zero-order chi connectivity index (χ0) is 13.2. The molecule has 1 heterocycles. The summed E-state index contributed by atoms with van der Waals surface area (Å²) in [5, 5.41) is 8.72. The lowest BCUT2D eigenvalue weighted by molar-refractivity contribution is 0.593. The molecule has 0 amide bonds. The summed E-state index contributed by atoms with van der Waals surface area (Å²) in [7, 11) is 0. The standard InChI is InChI=1S/C15H18ClN3/c1-11-2-3-12(15(16)8-11)10-19-14(6-7-18-19)9-17-13-4-5-13/h2-3,6-8,13,17H,4-5,9-10H2,1H3. The van der Waals surface area contributed by atoms with Crippen molar-refractivity contribution in [1.82, 2.24) is 15.1 Å². The third-order valence-corrected chi connectivity index (χ3v) is 3.83. The first-order valence-corrected chi connectivity index (χ1v) is 7.09. The second-order valence-corrected chi connectivity index (χ2v) is 5.64. The number of halogens is 1. The van der Waals surface area contributed by atoms with Gasteiger partial charge in [-0.2, -0.15) is 5.10 Å². The van der Waals surface area contributed by atoms with Crippen LogP contribution in [0.1, 0.15) is 29.7 Å². The summed E-state index contributed by atoms with van der Waals surface area (Å²) in [5.41, 5.74) is 3.51. The molecular weight excluding hydrogens is 258 g/mol. The molecular formula is C15H18ClN3. The quantitative estimate of drug-likeness (QED) is 0.908. The van der Waals surface area contributed by atoms with Crippen molar-refractivity contribution < 1.29 is 0 Å². The largest absolute Gasteiger partial charge is 0.308 e. The number of nitrogens with one attached hydrogen (secondary N) is 1. The van der Waals surface area contributed by atoms with Crippen molar-refractivity contribution in [3.63, 3.8) is 0 Å². The van der Waals surface area contributed by atoms with Crippen LogP contribution < -0.4 is 5.32 Å². The van der Waals surface area contributed by atoms with E-state index >= 15 is 0 Å². The maximum absolute atomic E-state index is 6.28. The van der Waals surface area contributed by atoms with Crippen LogP contribution in [-0.2, 0) is 13.1 Å². The molecule has 0 bridgehead atoms. The van der Waals surface area contributed by atoms with Gasteiger partial charge >= 0.3 is 0 Å². The monoisotopic (exact) mass is 275 g/mol. The Morgan fingerprint density at radius 3 is 2.95 bits per heavy atom. The van der Waals surface area contributed by atoms with E-state index in [4.69, 9.17) is 11.6 Å². The van der Waals surface area contributed by atoms with Crippen LogP contribution in [0.15, 0.2) is 30.5 Å². The van der Waals surface area contributed by atoms with Gasteiger partial charge in [0.1, 0.15) is 0 Å². The van der Waals surface area contributed by atoms with Crippen LogP contribution in [0, 0.1) is 6.92 Å². The summed E-state index contributed by atoms with van der Waals surface area (Å²) in [4.78, 5) is 0. The second kappa shape index (κ2) is 5.35. The predicted octanol–water partition coefficient (Wildman–Crippen LogP) is 3.15. The van der Waals surface area contributed by atoms with Gasteiger partial charge in [0.05, 0.1) is 12.2 Å². The van der Waals surface area contributed by atoms with E-state index in [9.17, 15) is 0 Å². The molecule has 0 spiro atoms. The molecule has 1 aromatic heterocycles. The Morgan fingerprint density at radius 1 is 1.37 bits per heavy atom. The molecule has 3 nitrogen and oxygen atoms in total. The Hall–Kier alpha value is -1.32. The number of hydrogen-bond acceptors (Lipinski definition) is 2. The lowest BCUT2D eigenvalue weighted by atomic mass is 10.1. The smallest absolute Gasteiger partial charge is 0.0677 e. The SMILES string of the molecule is Cc1ccc(Cn2nccc2CNC2CC2)c(Cl)c1. The molecule has 1 saturated carbocycles. The predicted molar refractivity (Wildman–Crippen MR) is 77.4 cm³/mol. The minimum Gasteiger partial charge on any atom is -0.308 e. The number of nitrogens with zero attached hydrogens (tertiary/aromatic N) is 2. The fraction of sp³-hybridized carbons (Fsp3) is 0.400. The lowest BCUT2D eigenvalue weighted by Crippen LogP contribution is -2.19. The zero-order valence-electron chi connectivity index (χ0n) is 11.1. The average molecular weight is 276 g/mol. The van der Waals surface area contributed by atoms with Crippen LogP contribution in [-0.4, -0.2) is 15.8 Å². The van der Waals surface area contributed by atoms with Gasteiger partial charge < -0.3 is 5.32 Å². The number of aryl methyl sites for hydroxylation is 1. The Bertz CT molecular complexity index is 573. The molecule has 0 unspecified atom stereocenters. The van der Waals surface area contributed by atoms with Gasteiger partial charge in [-0.15, -0.1) is 0 Å². The van der Waals surface area contributed by atoms with Crippen LogP contribution in [0.4, 0.5) is 0 Å². The van der Waals surface area contributed by atoms with Gasteiger partial charge in [-0.05, 0) is 43.0 Å². The molecule has 2 aromatic rings. The van der Waals surface area contributed by atoms with E-state index < -0.39 is 0 Å². The fourth-order valence-corrected chi connectivity index (χ4v) is 2.43. The van der Waals surface area contributed by atoms with Crippen molar-refractivity contribution >= 4 is 11.6 Å². The van der Waals surface area contributed by atoms with Crippen LogP contribution >= 0.6 is 11.6 Å². The van der Waals surface area contributed by atoms with E-state index in [0.29, 0.717) is 6.04 Å². The summed E-state index contributed by atoms with van der Waals surface area (Å²) in [5.74, 6) is 0. The summed E-state index contributed by atoms with van der Waals surface area (Å²) in [6.45, 7) is 3.66. The van der Waals surface area contributed by atoms with Crippen molar-refractivity contribution in [2.24, 2.45) is 0 Å². The van der Waals surface area contributed by atoms with E-state index in [1.54, 1.807) is 0 Å². The molecule has 19 heavy (non-hydrogen) atoms. The van der Waals surface area contributed by atoms with E-state index in [1.165, 1.54) is 24.1 Å². The Balaban J connectivity index is 1.73. The third kappa shape index (κ3) is 3.17. The van der Waals surface area contributed by atoms with Gasteiger partial charge in [-0.25, -0.2) is 0 Å². The molecule has 1 aromatic carbocycles. The number of rotatable bonds is 5. The minimum absolute atomic E-state index is 0.714. The van der Waals surface area contributed by atoms with E-state index in [2.05, 4.69) is 35.5 Å². The van der Waals surface area contributed by atoms with E-state index in [-0.39, 0.29) is 0 Å². The van der Waals surface area contributed by atoms with Gasteiger partial charge in [-0.3, -0.25) is 4.68 Å². The molecule has 1 fully saturated rings. The van der Waals surface area contributed by atoms with Crippen LogP contribution in [0.2, 0.25) is 5.02 Å².